The zero-order valence-electron chi connectivity index (χ0n) is 30.2. The Morgan fingerprint density at radius 3 is 1.92 bits per heavy atom. The van der Waals surface area contributed by atoms with Crippen molar-refractivity contribution in [1.82, 2.24) is 0 Å². The van der Waals surface area contributed by atoms with Crippen LogP contribution in [0.2, 0.25) is 0 Å². The van der Waals surface area contributed by atoms with Crippen LogP contribution in [0.5, 0.6) is 0 Å². The van der Waals surface area contributed by atoms with E-state index >= 15 is 0 Å². The first-order valence-corrected chi connectivity index (χ1v) is 20.4. The van der Waals surface area contributed by atoms with Crippen molar-refractivity contribution >= 4 is 39.0 Å². The summed E-state index contributed by atoms with van der Waals surface area (Å²) >= 11 is 0. The highest BCUT2D eigenvalue weighted by Crippen LogP contribution is 2.71. The Balaban J connectivity index is 1.09. The van der Waals surface area contributed by atoms with Crippen LogP contribution >= 0.6 is 0 Å². The number of rotatable bonds is 3. The highest BCUT2D eigenvalue weighted by atomic mass is 16.3. The highest BCUT2D eigenvalue weighted by molar-refractivity contribution is 6.06. The molecule has 53 heavy (non-hydrogen) atoms. The van der Waals surface area contributed by atoms with E-state index in [1.807, 2.05) is 0 Å². The van der Waals surface area contributed by atoms with E-state index in [0.717, 1.165) is 23.0 Å². The van der Waals surface area contributed by atoms with Crippen molar-refractivity contribution in [2.75, 3.05) is 4.90 Å². The second-order valence-corrected chi connectivity index (χ2v) is 17.6. The van der Waals surface area contributed by atoms with Gasteiger partial charge in [0.2, 0.25) is 0 Å². The van der Waals surface area contributed by atoms with Crippen molar-refractivity contribution in [3.8, 4) is 22.3 Å². The summed E-state index contributed by atoms with van der Waals surface area (Å²) in [6.07, 6.45) is 12.0. The molecule has 6 aromatic carbocycles. The van der Waals surface area contributed by atoms with E-state index in [-0.39, 0.29) is 10.8 Å². The number of furan rings is 1. The average molecular weight is 686 g/mol. The molecule has 14 rings (SSSR count). The van der Waals surface area contributed by atoms with E-state index in [4.69, 9.17) is 4.42 Å². The quantitative estimate of drug-likeness (QED) is 0.184. The molecule has 0 amide bonds. The molecule has 0 N–H and O–H groups in total. The van der Waals surface area contributed by atoms with Gasteiger partial charge in [0.25, 0.3) is 0 Å². The Bertz CT molecular complexity index is 2640. The molecule has 4 bridgehead atoms. The number of hydrogen-bond donors (Lipinski definition) is 0. The molecule has 0 atom stereocenters. The highest BCUT2D eigenvalue weighted by Gasteiger charge is 2.62. The van der Waals surface area contributed by atoms with Gasteiger partial charge in [-0.25, -0.2) is 0 Å². The number of anilines is 3. The normalized spacial score (nSPS) is 26.4. The van der Waals surface area contributed by atoms with Gasteiger partial charge in [-0.1, -0.05) is 97.8 Å². The number of hydrogen-bond acceptors (Lipinski definition) is 2. The van der Waals surface area contributed by atoms with Crippen LogP contribution in [0.15, 0.2) is 132 Å². The first-order valence-electron chi connectivity index (χ1n) is 20.4. The third kappa shape index (κ3) is 3.66. The minimum atomic E-state index is 0.0529. The SMILES string of the molecule is c1ccc2c(c1)-c1ccc(N(c3ccc4c(c3)oc3ccccc34)c3cccc4c3C3(c5ccccc5-4)C4CC5CC(C4)CC3C5)cc1C21CCCC1. The van der Waals surface area contributed by atoms with Crippen LogP contribution < -0.4 is 4.90 Å². The van der Waals surface area contributed by atoms with Crippen molar-refractivity contribution in [1.29, 1.82) is 0 Å². The Morgan fingerprint density at radius 2 is 1.11 bits per heavy atom. The van der Waals surface area contributed by atoms with Crippen LogP contribution in [0.1, 0.15) is 80.0 Å². The topological polar surface area (TPSA) is 16.4 Å². The van der Waals surface area contributed by atoms with E-state index in [1.165, 1.54) is 113 Å². The molecule has 0 aliphatic heterocycles. The summed E-state index contributed by atoms with van der Waals surface area (Å²) in [5.74, 6) is 3.19. The van der Waals surface area contributed by atoms with Crippen molar-refractivity contribution in [2.45, 2.75) is 68.6 Å². The van der Waals surface area contributed by atoms with Gasteiger partial charge in [0.15, 0.2) is 0 Å². The fourth-order valence-electron chi connectivity index (χ4n) is 13.8. The van der Waals surface area contributed by atoms with Gasteiger partial charge in [-0.05, 0) is 150 Å². The third-order valence-electron chi connectivity index (χ3n) is 15.4. The minimum absolute atomic E-state index is 0.0529. The van der Waals surface area contributed by atoms with Gasteiger partial charge in [0.1, 0.15) is 11.2 Å². The third-order valence-corrected chi connectivity index (χ3v) is 15.4. The lowest BCUT2D eigenvalue weighted by molar-refractivity contribution is -0.0397. The fourth-order valence-corrected chi connectivity index (χ4v) is 13.8. The number of para-hydroxylation sites is 1. The maximum Gasteiger partial charge on any atom is 0.137 e. The first kappa shape index (κ1) is 29.4. The molecule has 0 unspecified atom stereocenters. The molecule has 2 heteroatoms. The van der Waals surface area contributed by atoms with Gasteiger partial charge in [-0.15, -0.1) is 0 Å². The lowest BCUT2D eigenvalue weighted by Gasteiger charge is -2.61. The molecule has 7 aromatic rings. The van der Waals surface area contributed by atoms with E-state index in [9.17, 15) is 0 Å². The number of benzene rings is 6. The molecule has 2 nitrogen and oxygen atoms in total. The fraction of sp³-hybridized carbons (Fsp3) is 0.294. The molecular formula is C51H43NO. The number of fused-ring (bicyclic) bond motifs is 11. The predicted octanol–water partition coefficient (Wildman–Crippen LogP) is 13.6. The molecule has 1 heterocycles. The van der Waals surface area contributed by atoms with Gasteiger partial charge in [-0.2, -0.15) is 0 Å². The Kier molecular flexibility index (Phi) is 5.72. The second kappa shape index (κ2) is 10.3. The first-order chi connectivity index (χ1) is 26.2. The monoisotopic (exact) mass is 685 g/mol. The zero-order chi connectivity index (χ0) is 34.5. The van der Waals surface area contributed by atoms with Crippen LogP contribution in [0.25, 0.3) is 44.2 Å². The van der Waals surface area contributed by atoms with E-state index < -0.39 is 0 Å². The van der Waals surface area contributed by atoms with Crippen molar-refractivity contribution in [3.05, 3.63) is 150 Å². The van der Waals surface area contributed by atoms with Crippen LogP contribution in [-0.2, 0) is 10.8 Å². The molecule has 2 spiro atoms. The smallest absolute Gasteiger partial charge is 0.137 e. The summed E-state index contributed by atoms with van der Waals surface area (Å²) in [5.41, 5.74) is 17.9. The zero-order valence-corrected chi connectivity index (χ0v) is 30.2. The van der Waals surface area contributed by atoms with Crippen molar-refractivity contribution < 1.29 is 4.42 Å². The van der Waals surface area contributed by atoms with Gasteiger partial charge >= 0.3 is 0 Å². The second-order valence-electron chi connectivity index (χ2n) is 17.6. The molecule has 7 aliphatic rings. The largest absolute Gasteiger partial charge is 0.456 e. The molecule has 5 fully saturated rings. The summed E-state index contributed by atoms with van der Waals surface area (Å²) in [5, 5.41) is 2.37. The standard InChI is InChI=1S/C51H43NO/c1-4-14-43-37(10-1)39-20-18-35(29-45(39)50(43)22-7-8-23-50)52(36-19-21-41-40-12-3-6-17-47(40)53-48(41)30-36)46-16-9-13-42-38-11-2-5-15-44(38)51(49(42)46)33-25-31-24-32(27-33)28-34(51)26-31/h1-6,9-21,29-34H,7-8,22-28H2. The molecule has 0 saturated heterocycles. The Labute approximate surface area is 311 Å². The lowest BCUT2D eigenvalue weighted by Crippen LogP contribution is -2.55. The summed E-state index contributed by atoms with van der Waals surface area (Å²) < 4.78 is 6.61. The van der Waals surface area contributed by atoms with Gasteiger partial charge < -0.3 is 9.32 Å². The summed E-state index contributed by atoms with van der Waals surface area (Å²) in [6, 6.07) is 49.1. The molecule has 0 radical (unpaired) electrons. The Morgan fingerprint density at radius 1 is 0.491 bits per heavy atom. The molecular weight excluding hydrogens is 643 g/mol. The van der Waals surface area contributed by atoms with Crippen LogP contribution in [0.4, 0.5) is 17.1 Å². The van der Waals surface area contributed by atoms with Crippen molar-refractivity contribution in [2.24, 2.45) is 23.7 Å². The Hall–Kier alpha value is -5.08. The maximum absolute atomic E-state index is 6.61. The summed E-state index contributed by atoms with van der Waals surface area (Å²) in [6.45, 7) is 0. The summed E-state index contributed by atoms with van der Waals surface area (Å²) in [4.78, 5) is 2.65. The van der Waals surface area contributed by atoms with Gasteiger partial charge in [0, 0.05) is 39.0 Å². The van der Waals surface area contributed by atoms with Crippen molar-refractivity contribution in [3.63, 3.8) is 0 Å². The van der Waals surface area contributed by atoms with E-state index in [1.54, 1.807) is 16.7 Å². The van der Waals surface area contributed by atoms with Crippen LogP contribution in [0, 0.1) is 23.7 Å². The van der Waals surface area contributed by atoms with Crippen LogP contribution in [0.3, 0.4) is 0 Å². The summed E-state index contributed by atoms with van der Waals surface area (Å²) in [7, 11) is 0. The van der Waals surface area contributed by atoms with Gasteiger partial charge in [-0.3, -0.25) is 0 Å². The lowest BCUT2D eigenvalue weighted by atomic mass is 9.43. The molecule has 258 valence electrons. The van der Waals surface area contributed by atoms with E-state index in [2.05, 4.69) is 132 Å². The average Bonchev–Trinajstić information content (AvgIpc) is 3.96. The van der Waals surface area contributed by atoms with Gasteiger partial charge in [0.05, 0.1) is 5.69 Å². The maximum atomic E-state index is 6.61. The van der Waals surface area contributed by atoms with E-state index in [0.29, 0.717) is 11.8 Å². The van der Waals surface area contributed by atoms with Crippen LogP contribution in [-0.4, -0.2) is 0 Å². The molecule has 1 aromatic heterocycles. The minimum Gasteiger partial charge on any atom is -0.456 e. The molecule has 5 saturated carbocycles. The number of nitrogens with zero attached hydrogens (tertiary/aromatic N) is 1. The predicted molar refractivity (Wildman–Crippen MR) is 216 cm³/mol. The molecule has 7 aliphatic carbocycles.